The second-order valence-electron chi connectivity index (χ2n) is 6.75. The third-order valence-electron chi connectivity index (χ3n) is 4.43. The maximum atomic E-state index is 12.7. The molecule has 0 fully saturated rings. The number of para-hydroxylation sites is 1. The molecule has 0 saturated heterocycles. The van der Waals surface area contributed by atoms with Crippen LogP contribution in [0.1, 0.15) is 30.9 Å². The van der Waals surface area contributed by atoms with Crippen molar-refractivity contribution < 1.29 is 14.7 Å². The molecule has 26 heavy (non-hydrogen) atoms. The Kier molecular flexibility index (Phi) is 4.80. The van der Waals surface area contributed by atoms with Crippen molar-refractivity contribution in [3.05, 3.63) is 71.0 Å². The number of amides is 2. The Bertz CT molecular complexity index is 900. The molecular weight excluding hydrogens is 328 g/mol. The molecule has 1 aliphatic heterocycles. The predicted octanol–water partition coefficient (Wildman–Crippen LogP) is 3.92. The van der Waals surface area contributed by atoms with Crippen LogP contribution in [0.3, 0.4) is 0 Å². The molecule has 0 bridgehead atoms. The summed E-state index contributed by atoms with van der Waals surface area (Å²) >= 11 is 0. The van der Waals surface area contributed by atoms with Crippen molar-refractivity contribution in [1.29, 1.82) is 0 Å². The average Bonchev–Trinajstić information content (AvgIpc) is 2.89. The van der Waals surface area contributed by atoms with Crippen molar-refractivity contribution in [3.63, 3.8) is 0 Å². The van der Waals surface area contributed by atoms with Crippen LogP contribution in [0.2, 0.25) is 0 Å². The SMILES string of the molecule is Cc1cccc(N2CC(O)=C(C(=O)Nc3ccccc3C(C)C)C2=O)c1. The van der Waals surface area contributed by atoms with E-state index in [1.807, 2.05) is 57.2 Å². The van der Waals surface area contributed by atoms with E-state index >= 15 is 0 Å². The van der Waals surface area contributed by atoms with Crippen LogP contribution < -0.4 is 10.2 Å². The van der Waals surface area contributed by atoms with Crippen LogP contribution in [0.4, 0.5) is 11.4 Å². The molecule has 1 aliphatic rings. The zero-order valence-corrected chi connectivity index (χ0v) is 15.1. The first-order valence-corrected chi connectivity index (χ1v) is 8.59. The Labute approximate surface area is 153 Å². The molecule has 2 aromatic carbocycles. The van der Waals surface area contributed by atoms with Crippen LogP contribution in [0, 0.1) is 6.92 Å². The first-order valence-electron chi connectivity index (χ1n) is 8.59. The quantitative estimate of drug-likeness (QED) is 0.821. The van der Waals surface area contributed by atoms with Crippen molar-refractivity contribution in [2.75, 3.05) is 16.8 Å². The van der Waals surface area contributed by atoms with Crippen molar-refractivity contribution in [3.8, 4) is 0 Å². The zero-order valence-electron chi connectivity index (χ0n) is 15.1. The summed E-state index contributed by atoms with van der Waals surface area (Å²) in [7, 11) is 0. The number of aryl methyl sites for hydroxylation is 1. The van der Waals surface area contributed by atoms with E-state index in [1.165, 1.54) is 4.90 Å². The molecule has 2 aromatic rings. The van der Waals surface area contributed by atoms with Crippen molar-refractivity contribution in [1.82, 2.24) is 0 Å². The minimum atomic E-state index is -0.587. The highest BCUT2D eigenvalue weighted by Crippen LogP contribution is 2.28. The largest absolute Gasteiger partial charge is 0.509 e. The molecule has 3 rings (SSSR count). The van der Waals surface area contributed by atoms with Gasteiger partial charge in [0, 0.05) is 11.4 Å². The fourth-order valence-electron chi connectivity index (χ4n) is 3.09. The third kappa shape index (κ3) is 3.33. The first-order chi connectivity index (χ1) is 12.4. The Morgan fingerprint density at radius 2 is 1.88 bits per heavy atom. The monoisotopic (exact) mass is 350 g/mol. The number of rotatable bonds is 4. The Hall–Kier alpha value is -3.08. The molecule has 5 heteroatoms. The number of carbonyl (C=O) groups is 2. The molecule has 0 spiro atoms. The van der Waals surface area contributed by atoms with Gasteiger partial charge < -0.3 is 15.3 Å². The number of aliphatic hydroxyl groups is 1. The number of carbonyl (C=O) groups excluding carboxylic acids is 2. The minimum Gasteiger partial charge on any atom is -0.509 e. The smallest absolute Gasteiger partial charge is 0.267 e. The molecule has 2 amide bonds. The number of benzene rings is 2. The predicted molar refractivity (Wildman–Crippen MR) is 102 cm³/mol. The maximum Gasteiger partial charge on any atom is 0.267 e. The van der Waals surface area contributed by atoms with Gasteiger partial charge in [0.05, 0.1) is 6.54 Å². The van der Waals surface area contributed by atoms with Gasteiger partial charge >= 0.3 is 0 Å². The number of aliphatic hydroxyl groups excluding tert-OH is 1. The highest BCUT2D eigenvalue weighted by atomic mass is 16.3. The molecule has 0 aromatic heterocycles. The van der Waals surface area contributed by atoms with Gasteiger partial charge in [-0.15, -0.1) is 0 Å². The lowest BCUT2D eigenvalue weighted by Gasteiger charge is -2.17. The van der Waals surface area contributed by atoms with E-state index < -0.39 is 11.8 Å². The highest BCUT2D eigenvalue weighted by Gasteiger charge is 2.36. The van der Waals surface area contributed by atoms with Gasteiger partial charge in [0.2, 0.25) is 0 Å². The van der Waals surface area contributed by atoms with Gasteiger partial charge in [0.15, 0.2) is 0 Å². The Morgan fingerprint density at radius 3 is 2.58 bits per heavy atom. The fraction of sp³-hybridized carbons (Fsp3) is 0.238. The maximum absolute atomic E-state index is 12.7. The number of hydrogen-bond acceptors (Lipinski definition) is 3. The normalized spacial score (nSPS) is 14.3. The van der Waals surface area contributed by atoms with Gasteiger partial charge in [-0.25, -0.2) is 0 Å². The van der Waals surface area contributed by atoms with Gasteiger partial charge in [0.1, 0.15) is 11.3 Å². The van der Waals surface area contributed by atoms with E-state index in [4.69, 9.17) is 0 Å². The summed E-state index contributed by atoms with van der Waals surface area (Å²) in [4.78, 5) is 26.8. The minimum absolute atomic E-state index is 0.00311. The molecule has 0 saturated carbocycles. The topological polar surface area (TPSA) is 69.6 Å². The summed E-state index contributed by atoms with van der Waals surface area (Å²) < 4.78 is 0. The molecule has 134 valence electrons. The molecule has 0 radical (unpaired) electrons. The van der Waals surface area contributed by atoms with E-state index in [0.29, 0.717) is 11.4 Å². The fourth-order valence-corrected chi connectivity index (χ4v) is 3.09. The van der Waals surface area contributed by atoms with E-state index in [1.54, 1.807) is 12.1 Å². The lowest BCUT2D eigenvalue weighted by molar-refractivity contribution is -0.119. The van der Waals surface area contributed by atoms with Crippen molar-refractivity contribution in [2.24, 2.45) is 0 Å². The summed E-state index contributed by atoms with van der Waals surface area (Å²) in [5, 5.41) is 13.0. The summed E-state index contributed by atoms with van der Waals surface area (Å²) in [5.41, 5.74) is 3.08. The van der Waals surface area contributed by atoms with E-state index in [-0.39, 0.29) is 23.8 Å². The molecule has 2 N–H and O–H groups in total. The summed E-state index contributed by atoms with van der Waals surface area (Å²) in [6.45, 7) is 5.98. The molecule has 0 aliphatic carbocycles. The van der Waals surface area contributed by atoms with Crippen molar-refractivity contribution >= 4 is 23.2 Å². The highest BCUT2D eigenvalue weighted by molar-refractivity contribution is 6.29. The van der Waals surface area contributed by atoms with E-state index in [0.717, 1.165) is 11.1 Å². The van der Waals surface area contributed by atoms with Gasteiger partial charge in [0.25, 0.3) is 11.8 Å². The number of nitrogens with one attached hydrogen (secondary N) is 1. The van der Waals surface area contributed by atoms with Crippen LogP contribution in [-0.2, 0) is 9.59 Å². The lowest BCUT2D eigenvalue weighted by atomic mass is 10.0. The number of anilines is 2. The average molecular weight is 350 g/mol. The van der Waals surface area contributed by atoms with Gasteiger partial charge in [-0.2, -0.15) is 0 Å². The van der Waals surface area contributed by atoms with E-state index in [9.17, 15) is 14.7 Å². The number of hydrogen-bond donors (Lipinski definition) is 2. The zero-order chi connectivity index (χ0) is 18.8. The summed E-state index contributed by atoms with van der Waals surface area (Å²) in [5.74, 6) is -1.07. The van der Waals surface area contributed by atoms with E-state index in [2.05, 4.69) is 5.32 Å². The second-order valence-corrected chi connectivity index (χ2v) is 6.75. The van der Waals surface area contributed by atoms with Crippen LogP contribution >= 0.6 is 0 Å². The van der Waals surface area contributed by atoms with Crippen LogP contribution in [0.5, 0.6) is 0 Å². The Balaban J connectivity index is 1.84. The van der Waals surface area contributed by atoms with Crippen LogP contribution in [0.25, 0.3) is 0 Å². The molecule has 0 unspecified atom stereocenters. The summed E-state index contributed by atoms with van der Waals surface area (Å²) in [6, 6.07) is 14.9. The molecule has 5 nitrogen and oxygen atoms in total. The lowest BCUT2D eigenvalue weighted by Crippen LogP contribution is -2.30. The summed E-state index contributed by atoms with van der Waals surface area (Å²) in [6.07, 6.45) is 0. The van der Waals surface area contributed by atoms with Gasteiger partial charge in [-0.1, -0.05) is 44.2 Å². The first kappa shape index (κ1) is 17.7. The standard InChI is InChI=1S/C21H22N2O3/c1-13(2)16-9-4-5-10-17(16)22-20(25)19-18(24)12-23(21(19)26)15-8-6-7-14(3)11-15/h4-11,13,24H,12H2,1-3H3,(H,22,25). The van der Waals surface area contributed by atoms with Gasteiger partial charge in [-0.3, -0.25) is 9.59 Å². The van der Waals surface area contributed by atoms with Crippen molar-refractivity contribution in [2.45, 2.75) is 26.7 Å². The molecular formula is C21H22N2O3. The van der Waals surface area contributed by atoms with Crippen LogP contribution in [-0.4, -0.2) is 23.5 Å². The van der Waals surface area contributed by atoms with Gasteiger partial charge in [-0.05, 0) is 42.2 Å². The molecule has 0 atom stereocenters. The van der Waals surface area contributed by atoms with Crippen LogP contribution in [0.15, 0.2) is 59.9 Å². The molecule has 1 heterocycles. The Morgan fingerprint density at radius 1 is 1.15 bits per heavy atom. The third-order valence-corrected chi connectivity index (χ3v) is 4.43. The second kappa shape index (κ2) is 7.04. The number of nitrogens with zero attached hydrogens (tertiary/aromatic N) is 1.